The number of rotatable bonds is 6. The number of hydrogen-bond acceptors (Lipinski definition) is 4. The lowest BCUT2D eigenvalue weighted by Gasteiger charge is -2.25. The minimum absolute atomic E-state index is 0.00909. The quantitative estimate of drug-likeness (QED) is 0.658. The number of benzene rings is 2. The summed E-state index contributed by atoms with van der Waals surface area (Å²) in [5.41, 5.74) is 6.84. The predicted octanol–water partition coefficient (Wildman–Crippen LogP) is 2.36. The Balaban J connectivity index is 1.79. The van der Waals surface area contributed by atoms with Crippen molar-refractivity contribution in [3.05, 3.63) is 92.6 Å². The lowest BCUT2D eigenvalue weighted by atomic mass is 10.1. The van der Waals surface area contributed by atoms with E-state index in [0.29, 0.717) is 0 Å². The molecule has 7 nitrogen and oxygen atoms in total. The van der Waals surface area contributed by atoms with Gasteiger partial charge in [-0.15, -0.1) is 0 Å². The number of carbonyl (C=O) groups is 1. The van der Waals surface area contributed by atoms with Crippen LogP contribution in [0, 0.1) is 11.8 Å². The van der Waals surface area contributed by atoms with Crippen LogP contribution in [-0.2, 0) is 17.9 Å². The van der Waals surface area contributed by atoms with E-state index in [1.165, 1.54) is 9.47 Å². The Hall–Kier alpha value is -3.61. The number of H-pyrrole nitrogens is 1. The molecule has 0 radical (unpaired) electrons. The number of nitrogens with one attached hydrogen (secondary N) is 1. The molecule has 1 fully saturated rings. The number of nitrogens with two attached hydrogens (primary N) is 1. The number of aromatic amines is 1. The van der Waals surface area contributed by atoms with Gasteiger partial charge in [-0.2, -0.15) is 0 Å². The average molecular weight is 404 g/mol. The van der Waals surface area contributed by atoms with Crippen molar-refractivity contribution in [1.82, 2.24) is 9.55 Å². The van der Waals surface area contributed by atoms with E-state index in [1.807, 2.05) is 67.6 Å². The molecule has 1 aromatic heterocycles. The van der Waals surface area contributed by atoms with Crippen molar-refractivity contribution in [1.29, 1.82) is 0 Å². The summed E-state index contributed by atoms with van der Waals surface area (Å²) in [5.74, 6) is -0.0213. The van der Waals surface area contributed by atoms with Crippen molar-refractivity contribution < 1.29 is 4.79 Å². The summed E-state index contributed by atoms with van der Waals surface area (Å²) in [4.78, 5) is 42.3. The summed E-state index contributed by atoms with van der Waals surface area (Å²) < 4.78 is 1.30. The zero-order valence-electron chi connectivity index (χ0n) is 16.7. The maximum Gasteiger partial charge on any atom is 0.330 e. The molecule has 1 amide bonds. The van der Waals surface area contributed by atoms with Gasteiger partial charge in [-0.3, -0.25) is 24.0 Å². The van der Waals surface area contributed by atoms with Gasteiger partial charge in [-0.1, -0.05) is 67.6 Å². The maximum atomic E-state index is 13.2. The summed E-state index contributed by atoms with van der Waals surface area (Å²) >= 11 is 0. The zero-order chi connectivity index (χ0) is 21.3. The molecule has 3 aromatic rings. The number of aromatic nitrogens is 2. The van der Waals surface area contributed by atoms with Crippen molar-refractivity contribution >= 4 is 17.4 Å². The number of anilines is 2. The lowest BCUT2D eigenvalue weighted by Crippen LogP contribution is -2.41. The van der Waals surface area contributed by atoms with Crippen LogP contribution >= 0.6 is 0 Å². The first kappa shape index (κ1) is 19.7. The van der Waals surface area contributed by atoms with Gasteiger partial charge < -0.3 is 5.73 Å². The molecule has 0 spiro atoms. The van der Waals surface area contributed by atoms with Gasteiger partial charge >= 0.3 is 5.69 Å². The molecule has 7 heteroatoms. The van der Waals surface area contributed by atoms with E-state index in [4.69, 9.17) is 5.73 Å². The third kappa shape index (κ3) is 3.91. The summed E-state index contributed by atoms with van der Waals surface area (Å²) in [5, 5.41) is 0. The summed E-state index contributed by atoms with van der Waals surface area (Å²) in [7, 11) is 0. The molecule has 0 bridgehead atoms. The zero-order valence-corrected chi connectivity index (χ0v) is 16.7. The molecule has 1 aliphatic rings. The van der Waals surface area contributed by atoms with Crippen LogP contribution in [0.25, 0.3) is 0 Å². The van der Waals surface area contributed by atoms with Crippen molar-refractivity contribution in [2.24, 2.45) is 11.8 Å². The van der Waals surface area contributed by atoms with Gasteiger partial charge in [0.15, 0.2) is 5.69 Å². The molecule has 4 rings (SSSR count). The fourth-order valence-electron chi connectivity index (χ4n) is 3.66. The topological polar surface area (TPSA) is 101 Å². The molecule has 1 heterocycles. The van der Waals surface area contributed by atoms with Crippen LogP contribution in [0.2, 0.25) is 0 Å². The van der Waals surface area contributed by atoms with Gasteiger partial charge in [-0.25, -0.2) is 4.79 Å². The number of carbonyl (C=O) groups excluding carboxylic acids is 1. The van der Waals surface area contributed by atoms with E-state index in [1.54, 1.807) is 0 Å². The summed E-state index contributed by atoms with van der Waals surface area (Å²) in [6, 6.07) is 18.8. The summed E-state index contributed by atoms with van der Waals surface area (Å²) in [6.07, 6.45) is 0.783. The molecule has 0 aliphatic heterocycles. The first-order chi connectivity index (χ1) is 14.5. The van der Waals surface area contributed by atoms with E-state index in [0.717, 1.165) is 17.5 Å². The SMILES string of the molecule is CC1CC1C(=O)N(Cc1ccccc1)c1c(N)n(Cc2ccccc2)c(=O)[nH]c1=O. The highest BCUT2D eigenvalue weighted by atomic mass is 16.2. The molecule has 3 N–H and O–H groups in total. The van der Waals surface area contributed by atoms with Crippen molar-refractivity contribution in [3.8, 4) is 0 Å². The highest BCUT2D eigenvalue weighted by Crippen LogP contribution is 2.40. The van der Waals surface area contributed by atoms with Gasteiger partial charge in [0.1, 0.15) is 5.82 Å². The van der Waals surface area contributed by atoms with Gasteiger partial charge in [0.05, 0.1) is 13.1 Å². The molecule has 2 unspecified atom stereocenters. The van der Waals surface area contributed by atoms with Crippen LogP contribution in [0.4, 0.5) is 11.5 Å². The van der Waals surface area contributed by atoms with E-state index >= 15 is 0 Å². The monoisotopic (exact) mass is 404 g/mol. The van der Waals surface area contributed by atoms with Gasteiger partial charge in [0, 0.05) is 5.92 Å². The second-order valence-corrected chi connectivity index (χ2v) is 7.79. The second kappa shape index (κ2) is 8.02. The van der Waals surface area contributed by atoms with Crippen molar-refractivity contribution in [2.75, 3.05) is 10.6 Å². The van der Waals surface area contributed by atoms with Crippen LogP contribution in [0.1, 0.15) is 24.5 Å². The molecule has 154 valence electrons. The molecule has 2 aromatic carbocycles. The lowest BCUT2D eigenvalue weighted by molar-refractivity contribution is -0.120. The Morgan fingerprint density at radius 3 is 2.20 bits per heavy atom. The normalized spacial score (nSPS) is 17.5. The summed E-state index contributed by atoms with van der Waals surface area (Å²) in [6.45, 7) is 2.41. The number of nitrogens with zero attached hydrogens (tertiary/aromatic N) is 2. The number of hydrogen-bond donors (Lipinski definition) is 2. The highest BCUT2D eigenvalue weighted by molar-refractivity contribution is 5.98. The van der Waals surface area contributed by atoms with E-state index in [2.05, 4.69) is 4.98 Å². The fourth-order valence-corrected chi connectivity index (χ4v) is 3.66. The van der Waals surface area contributed by atoms with Crippen LogP contribution in [0.15, 0.2) is 70.3 Å². The standard InChI is InChI=1S/C23H24N4O3/c1-15-12-18(15)22(29)26(13-16-8-4-2-5-9-16)19-20(24)27(23(30)25-21(19)28)14-17-10-6-3-7-11-17/h2-11,15,18H,12-14,24H2,1H3,(H,25,28,30). The molecular weight excluding hydrogens is 380 g/mol. The third-order valence-corrected chi connectivity index (χ3v) is 5.54. The minimum Gasteiger partial charge on any atom is -0.383 e. The van der Waals surface area contributed by atoms with Crippen molar-refractivity contribution in [3.63, 3.8) is 0 Å². The largest absolute Gasteiger partial charge is 0.383 e. The van der Waals surface area contributed by atoms with Crippen LogP contribution in [0.3, 0.4) is 0 Å². The Kier molecular flexibility index (Phi) is 5.27. The Morgan fingerprint density at radius 2 is 1.63 bits per heavy atom. The van der Waals surface area contributed by atoms with Crippen LogP contribution in [0.5, 0.6) is 0 Å². The maximum absolute atomic E-state index is 13.2. The highest BCUT2D eigenvalue weighted by Gasteiger charge is 2.43. The van der Waals surface area contributed by atoms with E-state index in [-0.39, 0.29) is 42.3 Å². The minimum atomic E-state index is -0.653. The Labute approximate surface area is 173 Å². The number of amides is 1. The predicted molar refractivity (Wildman–Crippen MR) is 116 cm³/mol. The molecular formula is C23H24N4O3. The van der Waals surface area contributed by atoms with E-state index in [9.17, 15) is 14.4 Å². The molecule has 1 aliphatic carbocycles. The smallest absolute Gasteiger partial charge is 0.330 e. The van der Waals surface area contributed by atoms with Crippen LogP contribution in [-0.4, -0.2) is 15.5 Å². The fraction of sp³-hybridized carbons (Fsp3) is 0.261. The molecule has 2 atom stereocenters. The molecule has 1 saturated carbocycles. The average Bonchev–Trinajstić information content (AvgIpc) is 3.48. The first-order valence-electron chi connectivity index (χ1n) is 9.97. The molecule has 0 saturated heterocycles. The van der Waals surface area contributed by atoms with Gasteiger partial charge in [-0.05, 0) is 23.5 Å². The molecule has 30 heavy (non-hydrogen) atoms. The van der Waals surface area contributed by atoms with Gasteiger partial charge in [0.2, 0.25) is 5.91 Å². The van der Waals surface area contributed by atoms with Crippen molar-refractivity contribution in [2.45, 2.75) is 26.4 Å². The second-order valence-electron chi connectivity index (χ2n) is 7.79. The first-order valence-corrected chi connectivity index (χ1v) is 9.97. The number of nitrogen functional groups attached to an aromatic ring is 1. The third-order valence-electron chi connectivity index (χ3n) is 5.54. The Bertz CT molecular complexity index is 1170. The Morgan fingerprint density at radius 1 is 1.07 bits per heavy atom. The van der Waals surface area contributed by atoms with Crippen LogP contribution < -0.4 is 21.9 Å². The van der Waals surface area contributed by atoms with Gasteiger partial charge in [0.25, 0.3) is 5.56 Å². The van der Waals surface area contributed by atoms with E-state index < -0.39 is 11.2 Å².